The van der Waals surface area contributed by atoms with Gasteiger partial charge in [0.2, 0.25) is 5.91 Å². The van der Waals surface area contributed by atoms with Crippen LogP contribution in [0.25, 0.3) is 0 Å². The number of piperidine rings is 1. The Morgan fingerprint density at radius 1 is 1.17 bits per heavy atom. The van der Waals surface area contributed by atoms with Gasteiger partial charge in [0.05, 0.1) is 0 Å². The summed E-state index contributed by atoms with van der Waals surface area (Å²) < 4.78 is 0. The number of ketones is 1. The molecule has 0 spiro atoms. The Morgan fingerprint density at radius 2 is 1.96 bits per heavy atom. The third-order valence-electron chi connectivity index (χ3n) is 5.38. The fourth-order valence-electron chi connectivity index (χ4n) is 3.79. The second-order valence-corrected chi connectivity index (χ2v) is 7.26. The summed E-state index contributed by atoms with van der Waals surface area (Å²) >= 11 is 0. The van der Waals surface area contributed by atoms with Crippen molar-refractivity contribution in [3.05, 3.63) is 34.9 Å². The Morgan fingerprint density at radius 3 is 2.75 bits per heavy atom. The van der Waals surface area contributed by atoms with Gasteiger partial charge in [-0.2, -0.15) is 0 Å². The van der Waals surface area contributed by atoms with Crippen molar-refractivity contribution in [3.8, 4) is 0 Å². The van der Waals surface area contributed by atoms with E-state index in [1.165, 1.54) is 24.0 Å². The molecule has 1 aromatic rings. The predicted octanol–water partition coefficient (Wildman–Crippen LogP) is 2.64. The van der Waals surface area contributed by atoms with E-state index in [2.05, 4.69) is 23.6 Å². The number of fused-ring (bicyclic) bond motifs is 1. The Hall–Kier alpha value is -1.68. The van der Waals surface area contributed by atoms with Crippen LogP contribution in [0.3, 0.4) is 0 Å². The fraction of sp³-hybridized carbons (Fsp3) is 0.600. The zero-order valence-electron chi connectivity index (χ0n) is 14.6. The van der Waals surface area contributed by atoms with Crippen molar-refractivity contribution in [2.45, 2.75) is 57.9 Å². The molecule has 0 saturated carbocycles. The number of rotatable bonds is 5. The molecule has 0 aromatic heterocycles. The molecule has 0 bridgehead atoms. The predicted molar refractivity (Wildman–Crippen MR) is 95.2 cm³/mol. The van der Waals surface area contributed by atoms with Crippen LogP contribution in [0.1, 0.15) is 60.5 Å². The highest BCUT2D eigenvalue weighted by molar-refractivity contribution is 5.98. The van der Waals surface area contributed by atoms with Gasteiger partial charge >= 0.3 is 0 Å². The van der Waals surface area contributed by atoms with Gasteiger partial charge in [-0.25, -0.2) is 0 Å². The summed E-state index contributed by atoms with van der Waals surface area (Å²) in [6.45, 7) is 4.04. The van der Waals surface area contributed by atoms with Crippen LogP contribution in [-0.4, -0.2) is 30.8 Å². The Kier molecular flexibility index (Phi) is 5.67. The van der Waals surface area contributed by atoms with Crippen molar-refractivity contribution < 1.29 is 9.59 Å². The molecule has 1 amide bonds. The monoisotopic (exact) mass is 328 g/mol. The van der Waals surface area contributed by atoms with Gasteiger partial charge in [-0.1, -0.05) is 19.1 Å². The maximum absolute atomic E-state index is 12.4. The molecular weight excluding hydrogens is 300 g/mol. The van der Waals surface area contributed by atoms with Crippen molar-refractivity contribution in [2.24, 2.45) is 5.92 Å². The first-order valence-corrected chi connectivity index (χ1v) is 9.28. The summed E-state index contributed by atoms with van der Waals surface area (Å²) in [6.07, 6.45) is 6.20. The first-order chi connectivity index (χ1) is 11.6. The second-order valence-electron chi connectivity index (χ2n) is 7.26. The standard InChI is InChI=1S/C20H28N2O2/c1-14-13-21-11-10-18(14)22-20(24)9-8-19(23)17-7-6-15-4-2-3-5-16(15)12-17/h6-7,12,14,18,21H,2-5,8-11,13H2,1H3,(H,22,24). The van der Waals surface area contributed by atoms with E-state index >= 15 is 0 Å². The van der Waals surface area contributed by atoms with Crippen LogP contribution in [0.4, 0.5) is 0 Å². The largest absolute Gasteiger partial charge is 0.353 e. The molecule has 0 radical (unpaired) electrons. The molecule has 1 aliphatic carbocycles. The zero-order chi connectivity index (χ0) is 16.9. The van der Waals surface area contributed by atoms with Gasteiger partial charge in [0.15, 0.2) is 5.78 Å². The van der Waals surface area contributed by atoms with Gasteiger partial charge in [0, 0.05) is 24.4 Å². The Labute approximate surface area is 144 Å². The topological polar surface area (TPSA) is 58.2 Å². The van der Waals surface area contributed by atoms with Gasteiger partial charge in [0.1, 0.15) is 0 Å². The number of hydrogen-bond acceptors (Lipinski definition) is 3. The van der Waals surface area contributed by atoms with Gasteiger partial charge in [-0.15, -0.1) is 0 Å². The van der Waals surface area contributed by atoms with Crippen LogP contribution in [0, 0.1) is 5.92 Å². The summed E-state index contributed by atoms with van der Waals surface area (Å²) in [7, 11) is 0. The van der Waals surface area contributed by atoms with Gasteiger partial charge in [-0.05, 0) is 68.3 Å². The zero-order valence-corrected chi connectivity index (χ0v) is 14.6. The molecule has 1 heterocycles. The van der Waals surface area contributed by atoms with Crippen LogP contribution in [0.15, 0.2) is 18.2 Å². The van der Waals surface area contributed by atoms with Gasteiger partial charge in [-0.3, -0.25) is 9.59 Å². The molecule has 24 heavy (non-hydrogen) atoms. The molecule has 1 aromatic carbocycles. The molecule has 1 aliphatic heterocycles. The Balaban J connectivity index is 1.50. The lowest BCUT2D eigenvalue weighted by Crippen LogP contribution is -2.48. The van der Waals surface area contributed by atoms with Crippen LogP contribution < -0.4 is 10.6 Å². The van der Waals surface area contributed by atoms with Crippen LogP contribution in [-0.2, 0) is 17.6 Å². The van der Waals surface area contributed by atoms with Crippen LogP contribution in [0.2, 0.25) is 0 Å². The highest BCUT2D eigenvalue weighted by atomic mass is 16.2. The smallest absolute Gasteiger partial charge is 0.220 e. The van der Waals surface area contributed by atoms with E-state index in [9.17, 15) is 9.59 Å². The summed E-state index contributed by atoms with van der Waals surface area (Å²) in [6, 6.07) is 6.30. The van der Waals surface area contributed by atoms with Gasteiger partial charge < -0.3 is 10.6 Å². The van der Waals surface area contributed by atoms with Crippen LogP contribution >= 0.6 is 0 Å². The summed E-state index contributed by atoms with van der Waals surface area (Å²) in [5.74, 6) is 0.524. The number of carbonyl (C=O) groups is 2. The Bertz CT molecular complexity index is 612. The summed E-state index contributed by atoms with van der Waals surface area (Å²) in [4.78, 5) is 24.5. The average Bonchev–Trinajstić information content (AvgIpc) is 2.61. The number of Topliss-reactive ketones (excluding diaryl/α,β-unsaturated/α-hetero) is 1. The minimum Gasteiger partial charge on any atom is -0.353 e. The highest BCUT2D eigenvalue weighted by Crippen LogP contribution is 2.23. The van der Waals surface area contributed by atoms with Crippen molar-refractivity contribution in [1.29, 1.82) is 0 Å². The number of benzene rings is 1. The quantitative estimate of drug-likeness (QED) is 0.817. The average molecular weight is 328 g/mol. The fourth-order valence-corrected chi connectivity index (χ4v) is 3.79. The first kappa shape index (κ1) is 17.2. The SMILES string of the molecule is CC1CNCCC1NC(=O)CCC(=O)c1ccc2c(c1)CCCC2. The van der Waals surface area contributed by atoms with E-state index in [1.807, 2.05) is 12.1 Å². The maximum atomic E-state index is 12.4. The maximum Gasteiger partial charge on any atom is 0.220 e. The summed E-state index contributed by atoms with van der Waals surface area (Å²) in [5, 5.41) is 6.42. The third-order valence-corrected chi connectivity index (χ3v) is 5.38. The number of carbonyl (C=O) groups excluding carboxylic acids is 2. The molecule has 130 valence electrons. The van der Waals surface area contributed by atoms with Crippen molar-refractivity contribution >= 4 is 11.7 Å². The lowest BCUT2D eigenvalue weighted by molar-refractivity contribution is -0.122. The van der Waals surface area contributed by atoms with E-state index < -0.39 is 0 Å². The van der Waals surface area contributed by atoms with Crippen LogP contribution in [0.5, 0.6) is 0 Å². The molecule has 2 atom stereocenters. The lowest BCUT2D eigenvalue weighted by Gasteiger charge is -2.30. The number of aryl methyl sites for hydroxylation is 2. The number of nitrogens with one attached hydrogen (secondary N) is 2. The molecule has 3 rings (SSSR count). The molecular formula is C20H28N2O2. The molecule has 4 nitrogen and oxygen atoms in total. The van der Waals surface area contributed by atoms with E-state index in [4.69, 9.17) is 0 Å². The first-order valence-electron chi connectivity index (χ1n) is 9.28. The molecule has 1 saturated heterocycles. The minimum atomic E-state index is 0.0000556. The second kappa shape index (κ2) is 7.93. The van der Waals surface area contributed by atoms with Crippen molar-refractivity contribution in [3.63, 3.8) is 0 Å². The van der Waals surface area contributed by atoms with E-state index in [-0.39, 0.29) is 24.2 Å². The highest BCUT2D eigenvalue weighted by Gasteiger charge is 2.22. The normalized spacial score (nSPS) is 23.4. The minimum absolute atomic E-state index is 0.0000556. The van der Waals surface area contributed by atoms with E-state index in [0.29, 0.717) is 12.3 Å². The van der Waals surface area contributed by atoms with Gasteiger partial charge in [0.25, 0.3) is 0 Å². The number of amides is 1. The van der Waals surface area contributed by atoms with Crippen molar-refractivity contribution in [2.75, 3.05) is 13.1 Å². The molecule has 1 fully saturated rings. The molecule has 2 aliphatic rings. The number of hydrogen-bond donors (Lipinski definition) is 2. The van der Waals surface area contributed by atoms with Crippen molar-refractivity contribution in [1.82, 2.24) is 10.6 Å². The lowest BCUT2D eigenvalue weighted by atomic mass is 9.89. The molecule has 2 unspecified atom stereocenters. The molecule has 4 heteroatoms. The van der Waals surface area contributed by atoms with E-state index in [0.717, 1.165) is 37.9 Å². The van der Waals surface area contributed by atoms with E-state index in [1.54, 1.807) is 0 Å². The third kappa shape index (κ3) is 4.23. The molecule has 2 N–H and O–H groups in total. The summed E-state index contributed by atoms with van der Waals surface area (Å²) in [5.41, 5.74) is 3.47.